The molecule has 1 saturated heterocycles. The van der Waals surface area contributed by atoms with Gasteiger partial charge < -0.3 is 5.32 Å². The summed E-state index contributed by atoms with van der Waals surface area (Å²) in [6.45, 7) is 3.35. The van der Waals surface area contributed by atoms with E-state index in [0.29, 0.717) is 12.2 Å². The summed E-state index contributed by atoms with van der Waals surface area (Å²) >= 11 is 0. The Kier molecular flexibility index (Phi) is 7.47. The molecule has 0 unspecified atom stereocenters. The van der Waals surface area contributed by atoms with E-state index < -0.39 is 10.2 Å². The van der Waals surface area contributed by atoms with Gasteiger partial charge in [0.05, 0.1) is 5.69 Å². The first-order chi connectivity index (χ1) is 14.4. The molecule has 1 heterocycles. The van der Waals surface area contributed by atoms with Crippen LogP contribution in [0.15, 0.2) is 54.6 Å². The average molecular weight is 431 g/mol. The summed E-state index contributed by atoms with van der Waals surface area (Å²) in [7, 11) is -0.884. The maximum atomic E-state index is 12.7. The molecule has 8 heteroatoms. The highest BCUT2D eigenvalue weighted by Crippen LogP contribution is 2.18. The van der Waals surface area contributed by atoms with Crippen molar-refractivity contribution in [3.8, 4) is 0 Å². The van der Waals surface area contributed by atoms with Gasteiger partial charge >= 0.3 is 10.2 Å². The van der Waals surface area contributed by atoms with E-state index in [1.165, 1.54) is 32.5 Å². The Bertz CT molecular complexity index is 925. The number of nitrogens with zero attached hydrogens (tertiary/aromatic N) is 3. The lowest BCUT2D eigenvalue weighted by molar-refractivity contribution is -0.119. The van der Waals surface area contributed by atoms with E-state index >= 15 is 0 Å². The second kappa shape index (κ2) is 10.1. The summed E-state index contributed by atoms with van der Waals surface area (Å²) in [5.74, 6) is -0.356. The lowest BCUT2D eigenvalue weighted by Gasteiger charge is -2.26. The first-order valence-corrected chi connectivity index (χ1v) is 11.6. The zero-order chi connectivity index (χ0) is 21.6. The molecule has 2 aromatic rings. The van der Waals surface area contributed by atoms with Crippen LogP contribution in [0.5, 0.6) is 0 Å². The third-order valence-electron chi connectivity index (χ3n) is 5.19. The van der Waals surface area contributed by atoms with Crippen molar-refractivity contribution in [2.45, 2.75) is 25.9 Å². The molecular formula is C22H30N4O3S. The van der Waals surface area contributed by atoms with Gasteiger partial charge in [-0.3, -0.25) is 9.69 Å². The van der Waals surface area contributed by atoms with Crippen LogP contribution in [0.3, 0.4) is 0 Å². The summed E-state index contributed by atoms with van der Waals surface area (Å²) in [4.78, 5) is 15.0. The molecule has 7 nitrogen and oxygen atoms in total. The summed E-state index contributed by atoms with van der Waals surface area (Å²) in [5.41, 5.74) is 2.70. The van der Waals surface area contributed by atoms with E-state index in [9.17, 15) is 13.2 Å². The fraction of sp³-hybridized carbons (Fsp3) is 0.409. The maximum absolute atomic E-state index is 12.7. The van der Waals surface area contributed by atoms with Gasteiger partial charge in [-0.1, -0.05) is 42.5 Å². The molecule has 0 aliphatic carbocycles. The van der Waals surface area contributed by atoms with Gasteiger partial charge in [-0.2, -0.15) is 12.7 Å². The minimum Gasteiger partial charge on any atom is -0.350 e. The van der Waals surface area contributed by atoms with Gasteiger partial charge in [-0.05, 0) is 49.2 Å². The molecule has 1 amide bonds. The highest BCUT2D eigenvalue weighted by Gasteiger charge is 2.27. The molecule has 1 aliphatic heterocycles. The third kappa shape index (κ3) is 5.81. The minimum absolute atomic E-state index is 0.280. The first kappa shape index (κ1) is 22.3. The van der Waals surface area contributed by atoms with E-state index in [0.717, 1.165) is 33.8 Å². The molecule has 3 rings (SSSR count). The Morgan fingerprint density at radius 1 is 0.967 bits per heavy atom. The summed E-state index contributed by atoms with van der Waals surface area (Å²) in [5, 5.41) is 2.83. The predicted molar refractivity (Wildman–Crippen MR) is 119 cm³/mol. The van der Waals surface area contributed by atoms with Crippen molar-refractivity contribution in [1.29, 1.82) is 0 Å². The van der Waals surface area contributed by atoms with Gasteiger partial charge in [0.25, 0.3) is 0 Å². The molecule has 1 fully saturated rings. The number of hydrogen-bond acceptors (Lipinski definition) is 4. The molecule has 162 valence electrons. The van der Waals surface area contributed by atoms with E-state index in [1.807, 2.05) is 12.1 Å². The van der Waals surface area contributed by atoms with Gasteiger partial charge in [-0.25, -0.2) is 4.31 Å². The third-order valence-corrected chi connectivity index (χ3v) is 7.01. The van der Waals surface area contributed by atoms with Gasteiger partial charge in [0.15, 0.2) is 0 Å². The van der Waals surface area contributed by atoms with E-state index in [1.54, 1.807) is 30.3 Å². The molecule has 2 aromatic carbocycles. The smallest absolute Gasteiger partial charge is 0.304 e. The van der Waals surface area contributed by atoms with Crippen LogP contribution in [0.25, 0.3) is 0 Å². The largest absolute Gasteiger partial charge is 0.350 e. The number of rotatable bonds is 9. The van der Waals surface area contributed by atoms with E-state index in [2.05, 4.69) is 22.3 Å². The molecule has 1 aliphatic rings. The SMILES string of the molecule is CN(C)S(=O)(=O)N(CC(=O)NCc1ccc(CN2CCCC2)cc1)c1ccccc1. The van der Waals surface area contributed by atoms with Crippen LogP contribution < -0.4 is 9.62 Å². The number of hydrogen-bond donors (Lipinski definition) is 1. The fourth-order valence-electron chi connectivity index (χ4n) is 3.45. The van der Waals surface area contributed by atoms with Crippen LogP contribution >= 0.6 is 0 Å². The lowest BCUT2D eigenvalue weighted by atomic mass is 10.1. The summed E-state index contributed by atoms with van der Waals surface area (Å²) in [6.07, 6.45) is 2.54. The molecule has 0 atom stereocenters. The van der Waals surface area contributed by atoms with Crippen LogP contribution in [0.1, 0.15) is 24.0 Å². The number of amides is 1. The molecule has 0 radical (unpaired) electrons. The number of carbonyl (C=O) groups is 1. The van der Waals surface area contributed by atoms with E-state index in [-0.39, 0.29) is 12.5 Å². The highest BCUT2D eigenvalue weighted by atomic mass is 32.2. The summed E-state index contributed by atoms with van der Waals surface area (Å²) in [6, 6.07) is 16.8. The molecular weight excluding hydrogens is 400 g/mol. The Balaban J connectivity index is 1.59. The van der Waals surface area contributed by atoms with Crippen molar-refractivity contribution in [2.24, 2.45) is 0 Å². The van der Waals surface area contributed by atoms with Gasteiger partial charge in [0.2, 0.25) is 5.91 Å². The standard InChI is InChI=1S/C22H30N4O3S/c1-24(2)30(28,29)26(21-8-4-3-5-9-21)18-22(27)23-16-19-10-12-20(13-11-19)17-25-14-6-7-15-25/h3-5,8-13H,6-7,14-18H2,1-2H3,(H,23,27). The van der Waals surface area contributed by atoms with E-state index in [4.69, 9.17) is 0 Å². The Labute approximate surface area is 179 Å². The van der Waals surface area contributed by atoms with Crippen LogP contribution in [0.2, 0.25) is 0 Å². The zero-order valence-corrected chi connectivity index (χ0v) is 18.4. The van der Waals surface area contributed by atoms with Crippen molar-refractivity contribution in [3.63, 3.8) is 0 Å². The molecule has 1 N–H and O–H groups in total. The minimum atomic E-state index is -3.79. The van der Waals surface area contributed by atoms with Gasteiger partial charge in [-0.15, -0.1) is 0 Å². The van der Waals surface area contributed by atoms with Gasteiger partial charge in [0.1, 0.15) is 6.54 Å². The fourth-order valence-corrected chi connectivity index (χ4v) is 4.51. The van der Waals surface area contributed by atoms with Crippen molar-refractivity contribution >= 4 is 21.8 Å². The number of nitrogens with one attached hydrogen (secondary N) is 1. The molecule has 0 spiro atoms. The predicted octanol–water partition coefficient (Wildman–Crippen LogP) is 2.21. The van der Waals surface area contributed by atoms with Crippen LogP contribution in [-0.2, 0) is 28.1 Å². The normalized spacial score (nSPS) is 14.8. The number of carbonyl (C=O) groups excluding carboxylic acids is 1. The topological polar surface area (TPSA) is 73.0 Å². The molecule has 0 saturated carbocycles. The molecule has 0 aromatic heterocycles. The monoisotopic (exact) mass is 430 g/mol. The average Bonchev–Trinajstić information content (AvgIpc) is 3.25. The summed E-state index contributed by atoms with van der Waals surface area (Å²) < 4.78 is 27.6. The van der Waals surface area contributed by atoms with Crippen molar-refractivity contribution in [3.05, 3.63) is 65.7 Å². The lowest BCUT2D eigenvalue weighted by Crippen LogP contribution is -2.45. The first-order valence-electron chi connectivity index (χ1n) is 10.2. The number of likely N-dealkylation sites (tertiary alicyclic amines) is 1. The number of anilines is 1. The quantitative estimate of drug-likeness (QED) is 0.662. The van der Waals surface area contributed by atoms with Crippen molar-refractivity contribution in [1.82, 2.24) is 14.5 Å². The molecule has 30 heavy (non-hydrogen) atoms. The highest BCUT2D eigenvalue weighted by molar-refractivity contribution is 7.90. The van der Waals surface area contributed by atoms with Crippen LogP contribution in [0, 0.1) is 0 Å². The van der Waals surface area contributed by atoms with Crippen LogP contribution in [0.4, 0.5) is 5.69 Å². The maximum Gasteiger partial charge on any atom is 0.304 e. The second-order valence-electron chi connectivity index (χ2n) is 7.71. The number of para-hydroxylation sites is 1. The van der Waals surface area contributed by atoms with Crippen LogP contribution in [-0.4, -0.2) is 57.3 Å². The Morgan fingerprint density at radius 3 is 2.17 bits per heavy atom. The van der Waals surface area contributed by atoms with Gasteiger partial charge in [0, 0.05) is 27.2 Å². The zero-order valence-electron chi connectivity index (χ0n) is 17.6. The Hall–Kier alpha value is -2.42. The number of benzene rings is 2. The molecule has 0 bridgehead atoms. The second-order valence-corrected chi connectivity index (χ2v) is 9.78. The van der Waals surface area contributed by atoms with Crippen molar-refractivity contribution < 1.29 is 13.2 Å². The Morgan fingerprint density at radius 2 is 1.57 bits per heavy atom. The van der Waals surface area contributed by atoms with Crippen molar-refractivity contribution in [2.75, 3.05) is 38.0 Å².